The van der Waals surface area contributed by atoms with E-state index in [9.17, 15) is 27.2 Å². The first-order valence-corrected chi connectivity index (χ1v) is 10.2. The molecule has 2 heterocycles. The van der Waals surface area contributed by atoms with E-state index >= 15 is 0 Å². The Morgan fingerprint density at radius 1 is 0.969 bits per heavy atom. The van der Waals surface area contributed by atoms with E-state index in [4.69, 9.17) is 4.74 Å². The van der Waals surface area contributed by atoms with Gasteiger partial charge in [-0.1, -0.05) is 0 Å². The van der Waals surface area contributed by atoms with E-state index in [0.717, 1.165) is 12.1 Å². The standard InChI is InChI=1S/C21H24F4N2O5/c22-20(23)31-16-3-1-14(17(13-16)32-21(24)25)2-4-18(28)26-7-5-15(6-8-26)19(29)27-9-11-30-12-10-27/h1-4,13,15,20-21H,5-12H2/b4-2+. The van der Waals surface area contributed by atoms with Gasteiger partial charge in [0.1, 0.15) is 11.5 Å². The van der Waals surface area contributed by atoms with E-state index in [2.05, 4.69) is 9.47 Å². The Morgan fingerprint density at radius 2 is 1.62 bits per heavy atom. The molecule has 0 bridgehead atoms. The third kappa shape index (κ3) is 6.59. The van der Waals surface area contributed by atoms with Crippen molar-refractivity contribution in [3.05, 3.63) is 29.8 Å². The van der Waals surface area contributed by atoms with Crippen molar-refractivity contribution in [3.8, 4) is 11.5 Å². The van der Waals surface area contributed by atoms with Gasteiger partial charge in [-0.2, -0.15) is 17.6 Å². The number of amides is 2. The molecule has 1 aromatic carbocycles. The fraction of sp³-hybridized carbons (Fsp3) is 0.524. The van der Waals surface area contributed by atoms with Gasteiger partial charge in [0.05, 0.1) is 13.2 Å². The summed E-state index contributed by atoms with van der Waals surface area (Å²) in [6.45, 7) is -3.30. The number of carbonyl (C=O) groups is 2. The fourth-order valence-electron chi connectivity index (χ4n) is 3.68. The Bertz CT molecular complexity index is 822. The molecule has 0 N–H and O–H groups in total. The van der Waals surface area contributed by atoms with Gasteiger partial charge in [-0.15, -0.1) is 0 Å². The molecule has 7 nitrogen and oxygen atoms in total. The van der Waals surface area contributed by atoms with E-state index in [1.54, 1.807) is 9.80 Å². The lowest BCUT2D eigenvalue weighted by Gasteiger charge is -2.35. The van der Waals surface area contributed by atoms with Gasteiger partial charge in [0.15, 0.2) is 0 Å². The van der Waals surface area contributed by atoms with Crippen LogP contribution in [0.3, 0.4) is 0 Å². The molecule has 2 amide bonds. The molecule has 2 aliphatic heterocycles. The average Bonchev–Trinajstić information content (AvgIpc) is 2.78. The first-order valence-electron chi connectivity index (χ1n) is 10.2. The Morgan fingerprint density at radius 3 is 2.25 bits per heavy atom. The van der Waals surface area contributed by atoms with Gasteiger partial charge in [-0.3, -0.25) is 9.59 Å². The highest BCUT2D eigenvalue weighted by Crippen LogP contribution is 2.29. The Kier molecular flexibility index (Phi) is 8.32. The van der Waals surface area contributed by atoms with Gasteiger partial charge < -0.3 is 24.0 Å². The van der Waals surface area contributed by atoms with Crippen LogP contribution < -0.4 is 9.47 Å². The normalized spacial score (nSPS) is 17.9. The van der Waals surface area contributed by atoms with E-state index in [-0.39, 0.29) is 29.0 Å². The molecule has 2 aliphatic rings. The van der Waals surface area contributed by atoms with Crippen LogP contribution in [-0.4, -0.2) is 74.2 Å². The van der Waals surface area contributed by atoms with Crippen LogP contribution in [0.2, 0.25) is 0 Å². The maximum absolute atomic E-state index is 12.7. The molecule has 0 radical (unpaired) electrons. The highest BCUT2D eigenvalue weighted by molar-refractivity contribution is 5.92. The molecule has 0 atom stereocenters. The maximum Gasteiger partial charge on any atom is 0.387 e. The smallest absolute Gasteiger partial charge is 0.387 e. The van der Waals surface area contributed by atoms with E-state index in [1.807, 2.05) is 0 Å². The van der Waals surface area contributed by atoms with E-state index in [0.29, 0.717) is 52.2 Å². The minimum atomic E-state index is -3.18. The lowest BCUT2D eigenvalue weighted by molar-refractivity contribution is -0.142. The van der Waals surface area contributed by atoms with Crippen LogP contribution in [-0.2, 0) is 14.3 Å². The quantitative estimate of drug-likeness (QED) is 0.462. The van der Waals surface area contributed by atoms with Crippen LogP contribution in [0.5, 0.6) is 11.5 Å². The number of carbonyl (C=O) groups excluding carboxylic acids is 2. The summed E-state index contributed by atoms with van der Waals surface area (Å²) < 4.78 is 63.9. The summed E-state index contributed by atoms with van der Waals surface area (Å²) in [4.78, 5) is 28.5. The van der Waals surface area contributed by atoms with Crippen LogP contribution in [0.25, 0.3) is 6.08 Å². The van der Waals surface area contributed by atoms with Crippen molar-refractivity contribution in [3.63, 3.8) is 0 Å². The molecule has 1 aromatic rings. The zero-order chi connectivity index (χ0) is 23.1. The number of rotatable bonds is 7. The van der Waals surface area contributed by atoms with Crippen LogP contribution in [0, 0.1) is 5.92 Å². The zero-order valence-electron chi connectivity index (χ0n) is 17.2. The molecule has 32 heavy (non-hydrogen) atoms. The number of nitrogens with zero attached hydrogens (tertiary/aromatic N) is 2. The number of hydrogen-bond donors (Lipinski definition) is 0. The summed E-state index contributed by atoms with van der Waals surface area (Å²) in [5, 5.41) is 0. The molecular formula is C21H24F4N2O5. The van der Waals surface area contributed by atoms with Gasteiger partial charge in [-0.25, -0.2) is 0 Å². The van der Waals surface area contributed by atoms with E-state index < -0.39 is 19.0 Å². The van der Waals surface area contributed by atoms with Crippen LogP contribution >= 0.6 is 0 Å². The number of halogens is 4. The second-order valence-electron chi connectivity index (χ2n) is 7.33. The second kappa shape index (κ2) is 11.2. The molecule has 0 saturated carbocycles. The summed E-state index contributed by atoms with van der Waals surface area (Å²) in [6.07, 6.45) is 3.55. The van der Waals surface area contributed by atoms with Gasteiger partial charge in [0.2, 0.25) is 11.8 Å². The number of ether oxygens (including phenoxy) is 3. The Hall–Kier alpha value is -2.82. The van der Waals surface area contributed by atoms with Gasteiger partial charge in [-0.05, 0) is 31.1 Å². The Balaban J connectivity index is 1.58. The van der Waals surface area contributed by atoms with Crippen molar-refractivity contribution in [2.45, 2.75) is 26.1 Å². The lowest BCUT2D eigenvalue weighted by Crippen LogP contribution is -2.47. The number of morpholine rings is 1. The van der Waals surface area contributed by atoms with Crippen molar-refractivity contribution in [1.82, 2.24) is 9.80 Å². The number of likely N-dealkylation sites (tertiary alicyclic amines) is 1. The van der Waals surface area contributed by atoms with Gasteiger partial charge in [0.25, 0.3) is 0 Å². The highest BCUT2D eigenvalue weighted by atomic mass is 19.3. The monoisotopic (exact) mass is 460 g/mol. The summed E-state index contributed by atoms with van der Waals surface area (Å²) in [6, 6.07) is 3.31. The van der Waals surface area contributed by atoms with Crippen LogP contribution in [0.15, 0.2) is 24.3 Å². The fourth-order valence-corrected chi connectivity index (χ4v) is 3.68. The maximum atomic E-state index is 12.7. The second-order valence-corrected chi connectivity index (χ2v) is 7.33. The molecule has 11 heteroatoms. The van der Waals surface area contributed by atoms with Crippen molar-refractivity contribution >= 4 is 17.9 Å². The molecule has 0 unspecified atom stereocenters. The molecule has 2 saturated heterocycles. The minimum Gasteiger partial charge on any atom is -0.435 e. The largest absolute Gasteiger partial charge is 0.435 e. The Labute approximate surface area is 182 Å². The summed E-state index contributed by atoms with van der Waals surface area (Å²) in [7, 11) is 0. The van der Waals surface area contributed by atoms with Crippen LogP contribution in [0.4, 0.5) is 17.6 Å². The third-order valence-electron chi connectivity index (χ3n) is 5.31. The topological polar surface area (TPSA) is 68.3 Å². The molecule has 3 rings (SSSR count). The minimum absolute atomic E-state index is 0.0795. The predicted molar refractivity (Wildman–Crippen MR) is 105 cm³/mol. The number of benzene rings is 1. The number of piperidine rings is 1. The molecule has 2 fully saturated rings. The first-order chi connectivity index (χ1) is 15.3. The summed E-state index contributed by atoms with van der Waals surface area (Å²) in [5.41, 5.74) is 0.109. The average molecular weight is 460 g/mol. The van der Waals surface area contributed by atoms with Gasteiger partial charge in [0, 0.05) is 49.8 Å². The van der Waals surface area contributed by atoms with Crippen molar-refractivity contribution in [1.29, 1.82) is 0 Å². The molecule has 0 spiro atoms. The molecule has 176 valence electrons. The number of alkyl halides is 4. The first kappa shape index (κ1) is 23.8. The molecule has 0 aromatic heterocycles. The predicted octanol–water partition coefficient (Wildman–Crippen LogP) is 3.00. The summed E-state index contributed by atoms with van der Waals surface area (Å²) >= 11 is 0. The lowest BCUT2D eigenvalue weighted by atomic mass is 9.95. The summed E-state index contributed by atoms with van der Waals surface area (Å²) in [5.74, 6) is -1.15. The van der Waals surface area contributed by atoms with Gasteiger partial charge >= 0.3 is 13.2 Å². The highest BCUT2D eigenvalue weighted by Gasteiger charge is 2.30. The van der Waals surface area contributed by atoms with Crippen molar-refractivity contribution in [2.75, 3.05) is 39.4 Å². The zero-order valence-corrected chi connectivity index (χ0v) is 17.2. The number of hydrogen-bond acceptors (Lipinski definition) is 5. The SMILES string of the molecule is O=C(/C=C/c1ccc(OC(F)F)cc1OC(F)F)N1CCC(C(=O)N2CCOCC2)CC1. The van der Waals surface area contributed by atoms with Crippen molar-refractivity contribution in [2.24, 2.45) is 5.92 Å². The van der Waals surface area contributed by atoms with Crippen molar-refractivity contribution < 1.29 is 41.4 Å². The third-order valence-corrected chi connectivity index (χ3v) is 5.31. The van der Waals surface area contributed by atoms with Crippen LogP contribution in [0.1, 0.15) is 18.4 Å². The molecular weight excluding hydrogens is 436 g/mol. The molecule has 0 aliphatic carbocycles. The van der Waals surface area contributed by atoms with E-state index in [1.165, 1.54) is 18.2 Å².